The van der Waals surface area contributed by atoms with Crippen molar-refractivity contribution in [2.24, 2.45) is 17.6 Å². The molecule has 0 aromatic carbocycles. The zero-order chi connectivity index (χ0) is 16.5. The highest BCUT2D eigenvalue weighted by Crippen LogP contribution is 2.28. The van der Waals surface area contributed by atoms with Crippen LogP contribution in [0.25, 0.3) is 0 Å². The predicted molar refractivity (Wildman–Crippen MR) is 91.4 cm³/mol. The number of carbonyl (C=O) groups is 1. The SMILES string of the molecule is C=C(CC(O)C(N)CC1CCCCC1)C(=O)NCCC(C)C. The maximum atomic E-state index is 11.9. The van der Waals surface area contributed by atoms with Crippen molar-refractivity contribution in [3.8, 4) is 0 Å². The highest BCUT2D eigenvalue weighted by atomic mass is 16.3. The molecule has 0 aliphatic heterocycles. The van der Waals surface area contributed by atoms with Crippen LogP contribution in [0.4, 0.5) is 0 Å². The van der Waals surface area contributed by atoms with Gasteiger partial charge >= 0.3 is 0 Å². The van der Waals surface area contributed by atoms with Crippen LogP contribution < -0.4 is 11.1 Å². The van der Waals surface area contributed by atoms with Crippen LogP contribution >= 0.6 is 0 Å². The maximum absolute atomic E-state index is 11.9. The number of aliphatic hydroxyl groups excluding tert-OH is 1. The van der Waals surface area contributed by atoms with E-state index in [1.807, 2.05) is 0 Å². The molecule has 0 radical (unpaired) electrons. The number of hydrogen-bond donors (Lipinski definition) is 3. The van der Waals surface area contributed by atoms with Crippen molar-refractivity contribution in [1.82, 2.24) is 5.32 Å². The standard InChI is InChI=1S/C18H34N2O2/c1-13(2)9-10-20-18(22)14(3)11-17(21)16(19)12-15-7-5-4-6-8-15/h13,15-17,21H,3-12,19H2,1-2H3,(H,20,22). The summed E-state index contributed by atoms with van der Waals surface area (Å²) in [6.45, 7) is 8.69. The smallest absolute Gasteiger partial charge is 0.246 e. The largest absolute Gasteiger partial charge is 0.391 e. The summed E-state index contributed by atoms with van der Waals surface area (Å²) in [5, 5.41) is 13.1. The molecule has 0 heterocycles. The topological polar surface area (TPSA) is 75.3 Å². The van der Waals surface area contributed by atoms with Crippen molar-refractivity contribution in [3.05, 3.63) is 12.2 Å². The van der Waals surface area contributed by atoms with Gasteiger partial charge in [-0.3, -0.25) is 4.79 Å². The van der Waals surface area contributed by atoms with Gasteiger partial charge in [0.2, 0.25) is 5.91 Å². The molecule has 1 amide bonds. The fourth-order valence-corrected chi connectivity index (χ4v) is 3.06. The van der Waals surface area contributed by atoms with Gasteiger partial charge in [-0.1, -0.05) is 52.5 Å². The molecule has 0 aromatic heterocycles. The van der Waals surface area contributed by atoms with E-state index in [2.05, 4.69) is 25.7 Å². The van der Waals surface area contributed by atoms with E-state index in [1.54, 1.807) is 0 Å². The van der Waals surface area contributed by atoms with Gasteiger partial charge < -0.3 is 16.2 Å². The Hall–Kier alpha value is -0.870. The number of amides is 1. The van der Waals surface area contributed by atoms with Gasteiger partial charge in [0.15, 0.2) is 0 Å². The summed E-state index contributed by atoms with van der Waals surface area (Å²) in [5.74, 6) is 1.03. The van der Waals surface area contributed by atoms with Crippen LogP contribution in [0.5, 0.6) is 0 Å². The monoisotopic (exact) mass is 310 g/mol. The molecule has 1 aliphatic carbocycles. The van der Waals surface area contributed by atoms with Crippen molar-refractivity contribution >= 4 is 5.91 Å². The summed E-state index contributed by atoms with van der Waals surface area (Å²) in [7, 11) is 0. The normalized spacial score (nSPS) is 19.0. The van der Waals surface area contributed by atoms with Gasteiger partial charge in [-0.15, -0.1) is 0 Å². The third-order valence-electron chi connectivity index (χ3n) is 4.61. The Labute approximate surface area is 135 Å². The summed E-state index contributed by atoms with van der Waals surface area (Å²) in [4.78, 5) is 11.9. The first-order chi connectivity index (χ1) is 10.4. The number of rotatable bonds is 9. The van der Waals surface area contributed by atoms with E-state index in [1.165, 1.54) is 32.1 Å². The van der Waals surface area contributed by atoms with Crippen LogP contribution in [-0.2, 0) is 4.79 Å². The number of aliphatic hydroxyl groups is 1. The molecule has 128 valence electrons. The molecule has 0 saturated heterocycles. The van der Waals surface area contributed by atoms with Gasteiger partial charge in [-0.2, -0.15) is 0 Å². The minimum atomic E-state index is -0.676. The van der Waals surface area contributed by atoms with Crippen LogP contribution in [0.1, 0.15) is 65.2 Å². The van der Waals surface area contributed by atoms with Gasteiger partial charge in [-0.05, 0) is 24.7 Å². The van der Waals surface area contributed by atoms with Crippen molar-refractivity contribution in [2.75, 3.05) is 6.54 Å². The quantitative estimate of drug-likeness (QED) is 0.573. The summed E-state index contributed by atoms with van der Waals surface area (Å²) >= 11 is 0. The Kier molecular flexibility index (Phi) is 8.72. The molecule has 1 aliphatic rings. The lowest BCUT2D eigenvalue weighted by Crippen LogP contribution is -2.38. The van der Waals surface area contributed by atoms with Crippen LogP contribution in [0, 0.1) is 11.8 Å². The van der Waals surface area contributed by atoms with Gasteiger partial charge in [0.05, 0.1) is 6.10 Å². The van der Waals surface area contributed by atoms with Crippen molar-refractivity contribution in [1.29, 1.82) is 0 Å². The number of nitrogens with one attached hydrogen (secondary N) is 1. The highest BCUT2D eigenvalue weighted by molar-refractivity contribution is 5.92. The molecule has 2 unspecified atom stereocenters. The van der Waals surface area contributed by atoms with Crippen LogP contribution in [0.15, 0.2) is 12.2 Å². The molecular formula is C18H34N2O2. The Morgan fingerprint density at radius 2 is 1.95 bits per heavy atom. The van der Waals surface area contributed by atoms with Gasteiger partial charge in [0.25, 0.3) is 0 Å². The first-order valence-electron chi connectivity index (χ1n) is 8.79. The molecule has 1 saturated carbocycles. The second-order valence-electron chi connectivity index (χ2n) is 7.22. The first kappa shape index (κ1) is 19.2. The fourth-order valence-electron chi connectivity index (χ4n) is 3.06. The maximum Gasteiger partial charge on any atom is 0.246 e. The van der Waals surface area contributed by atoms with Crippen molar-refractivity contribution in [2.45, 2.75) is 77.4 Å². The van der Waals surface area contributed by atoms with Gasteiger partial charge in [-0.25, -0.2) is 0 Å². The third kappa shape index (κ3) is 7.41. The molecule has 4 N–H and O–H groups in total. The van der Waals surface area contributed by atoms with Crippen molar-refractivity contribution < 1.29 is 9.90 Å². The fraction of sp³-hybridized carbons (Fsp3) is 0.833. The van der Waals surface area contributed by atoms with E-state index in [4.69, 9.17) is 5.73 Å². The average molecular weight is 310 g/mol. The lowest BCUT2D eigenvalue weighted by Gasteiger charge is -2.27. The Morgan fingerprint density at radius 1 is 1.32 bits per heavy atom. The highest BCUT2D eigenvalue weighted by Gasteiger charge is 2.23. The molecule has 1 fully saturated rings. The summed E-state index contributed by atoms with van der Waals surface area (Å²) < 4.78 is 0. The first-order valence-corrected chi connectivity index (χ1v) is 8.79. The summed E-state index contributed by atoms with van der Waals surface area (Å²) in [5.41, 5.74) is 6.54. The van der Waals surface area contributed by atoms with Gasteiger partial charge in [0.1, 0.15) is 0 Å². The average Bonchev–Trinajstić information content (AvgIpc) is 2.47. The Morgan fingerprint density at radius 3 is 2.55 bits per heavy atom. The zero-order valence-corrected chi connectivity index (χ0v) is 14.3. The molecule has 2 atom stereocenters. The van der Waals surface area contributed by atoms with Crippen LogP contribution in [-0.4, -0.2) is 29.7 Å². The Bertz CT molecular complexity index is 349. The summed E-state index contributed by atoms with van der Waals surface area (Å²) in [6.07, 6.45) is 7.70. The lowest BCUT2D eigenvalue weighted by atomic mass is 9.83. The minimum Gasteiger partial charge on any atom is -0.391 e. The molecule has 1 rings (SSSR count). The van der Waals surface area contributed by atoms with Crippen molar-refractivity contribution in [3.63, 3.8) is 0 Å². The number of nitrogens with two attached hydrogens (primary N) is 1. The van der Waals surface area contributed by atoms with E-state index in [0.717, 1.165) is 12.8 Å². The second-order valence-corrected chi connectivity index (χ2v) is 7.22. The van der Waals surface area contributed by atoms with E-state index in [-0.39, 0.29) is 18.4 Å². The molecule has 0 spiro atoms. The Balaban J connectivity index is 2.27. The second kappa shape index (κ2) is 10.0. The minimum absolute atomic E-state index is 0.162. The number of hydrogen-bond acceptors (Lipinski definition) is 3. The molecule has 0 bridgehead atoms. The molecule has 4 heteroatoms. The van der Waals surface area contributed by atoms with Crippen LogP contribution in [0.3, 0.4) is 0 Å². The van der Waals surface area contributed by atoms with E-state index < -0.39 is 6.10 Å². The molecular weight excluding hydrogens is 276 g/mol. The molecule has 0 aromatic rings. The van der Waals surface area contributed by atoms with Crippen LogP contribution in [0.2, 0.25) is 0 Å². The molecule has 4 nitrogen and oxygen atoms in total. The van der Waals surface area contributed by atoms with E-state index in [9.17, 15) is 9.90 Å². The zero-order valence-electron chi connectivity index (χ0n) is 14.3. The number of carbonyl (C=O) groups excluding carboxylic acids is 1. The predicted octanol–water partition coefficient (Wildman–Crippen LogP) is 2.75. The molecule has 22 heavy (non-hydrogen) atoms. The lowest BCUT2D eigenvalue weighted by molar-refractivity contribution is -0.117. The van der Waals surface area contributed by atoms with Gasteiger partial charge in [0, 0.05) is 24.6 Å². The summed E-state index contributed by atoms with van der Waals surface area (Å²) in [6, 6.07) is -0.261. The third-order valence-corrected chi connectivity index (χ3v) is 4.61. The van der Waals surface area contributed by atoms with E-state index >= 15 is 0 Å². The van der Waals surface area contributed by atoms with E-state index in [0.29, 0.717) is 24.0 Å².